The number of nitrogens with zero attached hydrogens (tertiary/aromatic N) is 1. The van der Waals surface area contributed by atoms with Crippen LogP contribution in [0.5, 0.6) is 0 Å². The number of furan rings is 1. The predicted octanol–water partition coefficient (Wildman–Crippen LogP) is 3.63. The molecule has 1 aliphatic heterocycles. The molecule has 0 spiro atoms. The summed E-state index contributed by atoms with van der Waals surface area (Å²) in [7, 11) is 0. The van der Waals surface area contributed by atoms with Crippen molar-refractivity contribution >= 4 is 16.9 Å². The average molecular weight is 277 g/mol. The fourth-order valence-corrected chi connectivity index (χ4v) is 2.91. The van der Waals surface area contributed by atoms with E-state index in [0.717, 1.165) is 23.9 Å². The van der Waals surface area contributed by atoms with Crippen LogP contribution in [0.3, 0.4) is 0 Å². The summed E-state index contributed by atoms with van der Waals surface area (Å²) in [6.07, 6.45) is 0.905. The van der Waals surface area contributed by atoms with Gasteiger partial charge in [-0.05, 0) is 29.7 Å². The first-order valence-electron chi connectivity index (χ1n) is 7.16. The Balaban J connectivity index is 1.63. The average Bonchev–Trinajstić information content (AvgIpc) is 2.97. The molecule has 1 amide bonds. The first-order valence-corrected chi connectivity index (χ1v) is 7.16. The van der Waals surface area contributed by atoms with Crippen molar-refractivity contribution < 1.29 is 9.21 Å². The zero-order chi connectivity index (χ0) is 14.2. The third-order valence-corrected chi connectivity index (χ3v) is 4.05. The maximum atomic E-state index is 12.6. The quantitative estimate of drug-likeness (QED) is 0.680. The van der Waals surface area contributed by atoms with Crippen LogP contribution in [-0.4, -0.2) is 17.4 Å². The van der Waals surface area contributed by atoms with Gasteiger partial charge < -0.3 is 9.32 Å². The molecule has 0 bridgehead atoms. The van der Waals surface area contributed by atoms with Crippen LogP contribution in [0.15, 0.2) is 59.0 Å². The first kappa shape index (κ1) is 12.2. The van der Waals surface area contributed by atoms with Gasteiger partial charge in [0.25, 0.3) is 5.91 Å². The molecule has 1 aliphatic rings. The molecule has 0 aliphatic carbocycles. The minimum atomic E-state index is -0.0271. The molecule has 2 aromatic carbocycles. The van der Waals surface area contributed by atoms with Crippen molar-refractivity contribution in [2.24, 2.45) is 0 Å². The smallest absolute Gasteiger partial charge is 0.289 e. The van der Waals surface area contributed by atoms with E-state index in [1.54, 1.807) is 0 Å². The van der Waals surface area contributed by atoms with E-state index in [4.69, 9.17) is 4.42 Å². The Hall–Kier alpha value is -2.55. The summed E-state index contributed by atoms with van der Waals surface area (Å²) in [5, 5.41) is 0.971. The summed E-state index contributed by atoms with van der Waals surface area (Å²) in [6, 6.07) is 17.8. The van der Waals surface area contributed by atoms with Crippen molar-refractivity contribution in [2.45, 2.75) is 13.0 Å². The first-order chi connectivity index (χ1) is 10.3. The lowest BCUT2D eigenvalue weighted by Gasteiger charge is -2.28. The van der Waals surface area contributed by atoms with Gasteiger partial charge in [-0.3, -0.25) is 4.79 Å². The predicted molar refractivity (Wildman–Crippen MR) is 81.1 cm³/mol. The zero-order valence-corrected chi connectivity index (χ0v) is 11.6. The van der Waals surface area contributed by atoms with E-state index in [1.165, 1.54) is 11.1 Å². The molecule has 4 rings (SSSR count). The number of fused-ring (bicyclic) bond motifs is 2. The highest BCUT2D eigenvalue weighted by atomic mass is 16.3. The van der Waals surface area contributed by atoms with Crippen molar-refractivity contribution in [3.05, 3.63) is 71.5 Å². The molecule has 0 unspecified atom stereocenters. The van der Waals surface area contributed by atoms with Gasteiger partial charge >= 0.3 is 0 Å². The summed E-state index contributed by atoms with van der Waals surface area (Å²) < 4.78 is 5.68. The summed E-state index contributed by atoms with van der Waals surface area (Å²) in [4.78, 5) is 14.5. The van der Waals surface area contributed by atoms with E-state index < -0.39 is 0 Å². The fourth-order valence-electron chi connectivity index (χ4n) is 2.91. The highest BCUT2D eigenvalue weighted by Gasteiger charge is 2.23. The Morgan fingerprint density at radius 2 is 1.76 bits per heavy atom. The second-order valence-electron chi connectivity index (χ2n) is 5.39. The maximum absolute atomic E-state index is 12.6. The van der Waals surface area contributed by atoms with E-state index in [2.05, 4.69) is 18.2 Å². The second kappa shape index (κ2) is 4.77. The van der Waals surface area contributed by atoms with Gasteiger partial charge in [-0.25, -0.2) is 0 Å². The summed E-state index contributed by atoms with van der Waals surface area (Å²) in [6.45, 7) is 1.40. The van der Waals surface area contributed by atoms with Crippen LogP contribution >= 0.6 is 0 Å². The summed E-state index contributed by atoms with van der Waals surface area (Å²) in [5.41, 5.74) is 3.33. The van der Waals surface area contributed by atoms with Gasteiger partial charge in [0, 0.05) is 18.5 Å². The van der Waals surface area contributed by atoms with Crippen LogP contribution in [0.4, 0.5) is 0 Å². The lowest BCUT2D eigenvalue weighted by Crippen LogP contribution is -2.35. The molecule has 0 fully saturated rings. The Kier molecular flexibility index (Phi) is 2.78. The monoisotopic (exact) mass is 277 g/mol. The van der Waals surface area contributed by atoms with Gasteiger partial charge in [-0.1, -0.05) is 42.5 Å². The molecule has 3 aromatic rings. The van der Waals surface area contributed by atoms with Gasteiger partial charge in [-0.15, -0.1) is 0 Å². The van der Waals surface area contributed by atoms with Crippen LogP contribution in [0.25, 0.3) is 11.0 Å². The molecular formula is C18H15NO2. The molecule has 0 N–H and O–H groups in total. The van der Waals surface area contributed by atoms with Crippen LogP contribution in [0, 0.1) is 0 Å². The standard InChI is InChI=1S/C18H15NO2/c20-18(17-11-14-6-3-4-8-16(14)21-17)19-10-9-13-5-1-2-7-15(13)12-19/h1-8,11H,9-10,12H2. The number of hydrogen-bond donors (Lipinski definition) is 0. The van der Waals surface area contributed by atoms with Crippen molar-refractivity contribution in [3.63, 3.8) is 0 Å². The molecule has 3 nitrogen and oxygen atoms in total. The SMILES string of the molecule is O=C(c1cc2ccccc2o1)N1CCc2ccccc2C1. The molecule has 0 atom stereocenters. The molecule has 2 heterocycles. The van der Waals surface area contributed by atoms with Gasteiger partial charge in [0.05, 0.1) is 0 Å². The highest BCUT2D eigenvalue weighted by molar-refractivity contribution is 5.96. The number of amides is 1. The number of rotatable bonds is 1. The molecule has 3 heteroatoms. The lowest BCUT2D eigenvalue weighted by molar-refractivity contribution is 0.0705. The number of benzene rings is 2. The Bertz CT molecular complexity index is 786. The van der Waals surface area contributed by atoms with Crippen molar-refractivity contribution in [1.82, 2.24) is 4.90 Å². The molecule has 104 valence electrons. The minimum Gasteiger partial charge on any atom is -0.451 e. The Morgan fingerprint density at radius 1 is 1.00 bits per heavy atom. The minimum absolute atomic E-state index is 0.0271. The van der Waals surface area contributed by atoms with Gasteiger partial charge in [0.1, 0.15) is 5.58 Å². The Morgan fingerprint density at radius 3 is 2.62 bits per heavy atom. The molecule has 21 heavy (non-hydrogen) atoms. The Labute approximate surface area is 122 Å². The van der Waals surface area contributed by atoms with Crippen molar-refractivity contribution in [1.29, 1.82) is 0 Å². The number of hydrogen-bond acceptors (Lipinski definition) is 2. The molecule has 0 saturated carbocycles. The molecular weight excluding hydrogens is 262 g/mol. The third-order valence-electron chi connectivity index (χ3n) is 4.05. The van der Waals surface area contributed by atoms with Gasteiger partial charge in [-0.2, -0.15) is 0 Å². The van der Waals surface area contributed by atoms with Crippen molar-refractivity contribution in [2.75, 3.05) is 6.54 Å². The molecule has 0 radical (unpaired) electrons. The number of para-hydroxylation sites is 1. The van der Waals surface area contributed by atoms with E-state index in [9.17, 15) is 4.79 Å². The lowest BCUT2D eigenvalue weighted by atomic mass is 10.00. The van der Waals surface area contributed by atoms with E-state index in [0.29, 0.717) is 12.3 Å². The number of carbonyl (C=O) groups excluding carboxylic acids is 1. The van der Waals surface area contributed by atoms with Crippen LogP contribution in [0.1, 0.15) is 21.7 Å². The van der Waals surface area contributed by atoms with Crippen LogP contribution < -0.4 is 0 Å². The topological polar surface area (TPSA) is 33.5 Å². The second-order valence-corrected chi connectivity index (χ2v) is 5.39. The van der Waals surface area contributed by atoms with Gasteiger partial charge in [0.2, 0.25) is 0 Å². The highest BCUT2D eigenvalue weighted by Crippen LogP contribution is 2.23. The van der Waals surface area contributed by atoms with Crippen LogP contribution in [0.2, 0.25) is 0 Å². The molecule has 0 saturated heterocycles. The maximum Gasteiger partial charge on any atom is 0.289 e. The van der Waals surface area contributed by atoms with E-state index in [-0.39, 0.29) is 5.91 Å². The van der Waals surface area contributed by atoms with E-state index >= 15 is 0 Å². The van der Waals surface area contributed by atoms with Crippen LogP contribution in [-0.2, 0) is 13.0 Å². The largest absolute Gasteiger partial charge is 0.451 e. The molecule has 1 aromatic heterocycles. The van der Waals surface area contributed by atoms with E-state index in [1.807, 2.05) is 41.3 Å². The number of carbonyl (C=O) groups is 1. The van der Waals surface area contributed by atoms with Crippen molar-refractivity contribution in [3.8, 4) is 0 Å². The summed E-state index contributed by atoms with van der Waals surface area (Å²) in [5.74, 6) is 0.399. The normalized spacial score (nSPS) is 14.2. The summed E-state index contributed by atoms with van der Waals surface area (Å²) >= 11 is 0. The fraction of sp³-hybridized carbons (Fsp3) is 0.167. The third kappa shape index (κ3) is 2.11. The van der Waals surface area contributed by atoms with Gasteiger partial charge in [0.15, 0.2) is 5.76 Å². The zero-order valence-electron chi connectivity index (χ0n) is 11.6.